The maximum absolute atomic E-state index is 13.1. The van der Waals surface area contributed by atoms with Gasteiger partial charge in [0.05, 0.1) is 22.6 Å². The molecule has 1 atom stereocenters. The van der Waals surface area contributed by atoms with Gasteiger partial charge >= 0.3 is 0 Å². The van der Waals surface area contributed by atoms with Crippen LogP contribution in [0.1, 0.15) is 11.3 Å². The number of hydrogen-bond donors (Lipinski definition) is 1. The number of imide groups is 1. The summed E-state index contributed by atoms with van der Waals surface area (Å²) < 4.78 is 6.07. The van der Waals surface area contributed by atoms with E-state index >= 15 is 0 Å². The maximum Gasteiger partial charge on any atom is 0.267 e. The molecule has 26 heavy (non-hydrogen) atoms. The van der Waals surface area contributed by atoms with E-state index in [-0.39, 0.29) is 18.5 Å². The summed E-state index contributed by atoms with van der Waals surface area (Å²) in [5, 5.41) is 11.3. The SMILES string of the molecule is O=C1C(=C2SCCS2)C(O)(Cc2ccco2)C(=O)N1Cc1ccccc1. The van der Waals surface area contributed by atoms with Crippen molar-refractivity contribution < 1.29 is 19.1 Å². The molecule has 3 heterocycles. The van der Waals surface area contributed by atoms with Gasteiger partial charge in [0.15, 0.2) is 5.60 Å². The third-order valence-corrected chi connectivity index (χ3v) is 7.13. The highest BCUT2D eigenvalue weighted by Crippen LogP contribution is 2.46. The van der Waals surface area contributed by atoms with Gasteiger partial charge < -0.3 is 9.52 Å². The van der Waals surface area contributed by atoms with Gasteiger partial charge in [-0.2, -0.15) is 0 Å². The van der Waals surface area contributed by atoms with Crippen molar-refractivity contribution in [2.75, 3.05) is 11.5 Å². The topological polar surface area (TPSA) is 70.7 Å². The highest BCUT2D eigenvalue weighted by molar-refractivity contribution is 8.25. The van der Waals surface area contributed by atoms with E-state index in [4.69, 9.17) is 4.42 Å². The Morgan fingerprint density at radius 3 is 2.46 bits per heavy atom. The van der Waals surface area contributed by atoms with Crippen LogP contribution in [0.5, 0.6) is 0 Å². The predicted molar refractivity (Wildman–Crippen MR) is 101 cm³/mol. The standard InChI is InChI=1S/C19H17NO4S2/c21-16-15(17-25-9-10-26-17)19(23,11-14-7-4-8-24-14)18(22)20(16)12-13-5-2-1-3-6-13/h1-8,23H,9-12H2. The van der Waals surface area contributed by atoms with Crippen LogP contribution in [0.2, 0.25) is 0 Å². The predicted octanol–water partition coefficient (Wildman–Crippen LogP) is 2.81. The third kappa shape index (κ3) is 3.00. The van der Waals surface area contributed by atoms with Crippen molar-refractivity contribution in [3.8, 4) is 0 Å². The van der Waals surface area contributed by atoms with Gasteiger partial charge in [-0.3, -0.25) is 14.5 Å². The van der Waals surface area contributed by atoms with Crippen molar-refractivity contribution in [1.29, 1.82) is 0 Å². The van der Waals surface area contributed by atoms with Crippen LogP contribution in [-0.4, -0.2) is 38.9 Å². The molecule has 4 rings (SSSR count). The Morgan fingerprint density at radius 2 is 1.81 bits per heavy atom. The molecule has 0 aliphatic carbocycles. The molecule has 1 unspecified atom stereocenters. The Kier molecular flexibility index (Phi) is 4.69. The van der Waals surface area contributed by atoms with Gasteiger partial charge in [-0.05, 0) is 17.7 Å². The number of amides is 2. The summed E-state index contributed by atoms with van der Waals surface area (Å²) in [5.41, 5.74) is -0.849. The minimum atomic E-state index is -1.89. The summed E-state index contributed by atoms with van der Waals surface area (Å²) in [5.74, 6) is 1.20. The van der Waals surface area contributed by atoms with E-state index in [2.05, 4.69) is 0 Å². The maximum atomic E-state index is 13.1. The third-order valence-electron chi connectivity index (χ3n) is 4.42. The van der Waals surface area contributed by atoms with Crippen molar-refractivity contribution in [3.05, 3.63) is 69.9 Å². The van der Waals surface area contributed by atoms with E-state index in [9.17, 15) is 14.7 Å². The lowest BCUT2D eigenvalue weighted by Gasteiger charge is -2.21. The van der Waals surface area contributed by atoms with E-state index in [1.54, 1.807) is 12.1 Å². The average molecular weight is 387 g/mol. The summed E-state index contributed by atoms with van der Waals surface area (Å²) in [6.45, 7) is 0.144. The van der Waals surface area contributed by atoms with Gasteiger partial charge in [0.2, 0.25) is 0 Å². The number of thioether (sulfide) groups is 2. The lowest BCUT2D eigenvalue weighted by molar-refractivity contribution is -0.146. The Hall–Kier alpha value is -1.96. The molecule has 5 nitrogen and oxygen atoms in total. The molecule has 2 saturated heterocycles. The van der Waals surface area contributed by atoms with E-state index in [1.807, 2.05) is 30.3 Å². The molecule has 0 radical (unpaired) electrons. The van der Waals surface area contributed by atoms with Crippen LogP contribution in [0.25, 0.3) is 0 Å². The Labute approximate surface area is 159 Å². The zero-order chi connectivity index (χ0) is 18.1. The van der Waals surface area contributed by atoms with Gasteiger partial charge in [0, 0.05) is 17.9 Å². The molecule has 0 spiro atoms. The van der Waals surface area contributed by atoms with E-state index in [0.29, 0.717) is 5.76 Å². The monoisotopic (exact) mass is 387 g/mol. The zero-order valence-corrected chi connectivity index (χ0v) is 15.5. The van der Waals surface area contributed by atoms with Gasteiger partial charge in [-0.1, -0.05) is 30.3 Å². The fraction of sp³-hybridized carbons (Fsp3) is 0.263. The van der Waals surface area contributed by atoms with Crippen LogP contribution in [0.15, 0.2) is 63.0 Å². The van der Waals surface area contributed by atoms with E-state index < -0.39 is 17.4 Å². The molecule has 134 valence electrons. The number of likely N-dealkylation sites (tertiary alicyclic amines) is 1. The van der Waals surface area contributed by atoms with E-state index in [0.717, 1.165) is 26.2 Å². The molecule has 2 aliphatic heterocycles. The van der Waals surface area contributed by atoms with Crippen molar-refractivity contribution in [3.63, 3.8) is 0 Å². The van der Waals surface area contributed by atoms with Crippen molar-refractivity contribution >= 4 is 35.3 Å². The first-order valence-electron chi connectivity index (χ1n) is 8.25. The Bertz CT molecular complexity index is 855. The average Bonchev–Trinajstić information content (AvgIpc) is 3.36. The summed E-state index contributed by atoms with van der Waals surface area (Å²) >= 11 is 3.04. The molecular formula is C19H17NO4S2. The van der Waals surface area contributed by atoms with Crippen LogP contribution in [0.3, 0.4) is 0 Å². The van der Waals surface area contributed by atoms with Gasteiger partial charge in [0.25, 0.3) is 11.8 Å². The van der Waals surface area contributed by atoms with E-state index in [1.165, 1.54) is 29.8 Å². The number of hydrogen-bond acceptors (Lipinski definition) is 6. The van der Waals surface area contributed by atoms with Crippen LogP contribution in [0, 0.1) is 0 Å². The zero-order valence-electron chi connectivity index (χ0n) is 13.9. The normalized spacial score (nSPS) is 23.3. The van der Waals surface area contributed by atoms with Crippen LogP contribution >= 0.6 is 23.5 Å². The molecule has 7 heteroatoms. The smallest absolute Gasteiger partial charge is 0.267 e. The van der Waals surface area contributed by atoms with Crippen LogP contribution in [0.4, 0.5) is 0 Å². The summed E-state index contributed by atoms with van der Waals surface area (Å²) in [6, 6.07) is 12.7. The second-order valence-corrected chi connectivity index (χ2v) is 8.63. The number of furan rings is 1. The van der Waals surface area contributed by atoms with Crippen molar-refractivity contribution in [2.24, 2.45) is 0 Å². The number of benzene rings is 1. The summed E-state index contributed by atoms with van der Waals surface area (Å²) in [6.07, 6.45) is 1.45. The Balaban J connectivity index is 1.74. The minimum absolute atomic E-state index is 0.0458. The Morgan fingerprint density at radius 1 is 1.08 bits per heavy atom. The summed E-state index contributed by atoms with van der Waals surface area (Å²) in [4.78, 5) is 27.3. The highest BCUT2D eigenvalue weighted by atomic mass is 32.2. The van der Waals surface area contributed by atoms with Crippen molar-refractivity contribution in [2.45, 2.75) is 18.6 Å². The fourth-order valence-electron chi connectivity index (χ4n) is 3.18. The first-order valence-corrected chi connectivity index (χ1v) is 10.2. The molecule has 2 amide bonds. The van der Waals surface area contributed by atoms with Crippen LogP contribution in [-0.2, 0) is 22.6 Å². The number of nitrogens with zero attached hydrogens (tertiary/aromatic N) is 1. The quantitative estimate of drug-likeness (QED) is 0.643. The molecule has 1 aromatic heterocycles. The van der Waals surface area contributed by atoms with Gasteiger partial charge in [-0.25, -0.2) is 0 Å². The minimum Gasteiger partial charge on any atom is -0.469 e. The van der Waals surface area contributed by atoms with Gasteiger partial charge in [-0.15, -0.1) is 23.5 Å². The number of rotatable bonds is 4. The summed E-state index contributed by atoms with van der Waals surface area (Å²) in [7, 11) is 0. The van der Waals surface area contributed by atoms with Gasteiger partial charge in [0.1, 0.15) is 5.76 Å². The highest BCUT2D eigenvalue weighted by Gasteiger charge is 2.57. The first-order chi connectivity index (χ1) is 12.6. The van der Waals surface area contributed by atoms with Crippen LogP contribution < -0.4 is 0 Å². The molecule has 2 fully saturated rings. The molecule has 0 saturated carbocycles. The molecule has 1 aromatic carbocycles. The molecular weight excluding hydrogens is 370 g/mol. The van der Waals surface area contributed by atoms with Crippen molar-refractivity contribution in [1.82, 2.24) is 4.90 Å². The second-order valence-electron chi connectivity index (χ2n) is 6.16. The number of aliphatic hydroxyl groups is 1. The molecule has 0 bridgehead atoms. The largest absolute Gasteiger partial charge is 0.469 e. The lowest BCUT2D eigenvalue weighted by atomic mass is 9.92. The second kappa shape index (κ2) is 6.98. The number of carbonyl (C=O) groups excluding carboxylic acids is 2. The molecule has 2 aromatic rings. The molecule has 1 N–H and O–H groups in total. The first kappa shape index (κ1) is 17.5. The molecule has 2 aliphatic rings. The fourth-order valence-corrected chi connectivity index (χ4v) is 5.86. The lowest BCUT2D eigenvalue weighted by Crippen LogP contribution is -2.42. The number of carbonyl (C=O) groups is 2.